The summed E-state index contributed by atoms with van der Waals surface area (Å²) < 4.78 is 25.2. The van der Waals surface area contributed by atoms with Gasteiger partial charge in [-0.2, -0.15) is 0 Å². The first-order chi connectivity index (χ1) is 9.85. The molecule has 1 fully saturated rings. The molecule has 1 saturated carbocycles. The van der Waals surface area contributed by atoms with Gasteiger partial charge < -0.3 is 16.4 Å². The lowest BCUT2D eigenvalue weighted by atomic mass is 9.79. The Balaban J connectivity index is 1.60. The Labute approximate surface area is 124 Å². The molecule has 0 unspecified atom stereocenters. The molecule has 6 nitrogen and oxygen atoms in total. The second-order valence-electron chi connectivity index (χ2n) is 5.02. The van der Waals surface area contributed by atoms with Gasteiger partial charge >= 0.3 is 6.03 Å². The van der Waals surface area contributed by atoms with Crippen molar-refractivity contribution in [3.8, 4) is 0 Å². The Hall–Kier alpha value is -1.77. The van der Waals surface area contributed by atoms with Crippen LogP contribution in [0.3, 0.4) is 0 Å². The van der Waals surface area contributed by atoms with Crippen LogP contribution in [-0.2, 0) is 6.54 Å². The van der Waals surface area contributed by atoms with Gasteiger partial charge in [0.2, 0.25) is 5.92 Å². The summed E-state index contributed by atoms with van der Waals surface area (Å²) >= 11 is 1.22. The van der Waals surface area contributed by atoms with Crippen molar-refractivity contribution in [2.75, 3.05) is 6.54 Å². The van der Waals surface area contributed by atoms with Gasteiger partial charge in [-0.05, 0) is 12.3 Å². The van der Waals surface area contributed by atoms with Gasteiger partial charge in [0.05, 0.1) is 6.54 Å². The Morgan fingerprint density at radius 2 is 2.14 bits per heavy atom. The van der Waals surface area contributed by atoms with E-state index in [0.29, 0.717) is 18.0 Å². The van der Waals surface area contributed by atoms with Gasteiger partial charge in [0.15, 0.2) is 0 Å². The highest BCUT2D eigenvalue weighted by Gasteiger charge is 2.44. The topological polar surface area (TPSA) is 97.1 Å². The van der Waals surface area contributed by atoms with Crippen LogP contribution >= 0.6 is 11.3 Å². The first-order valence-corrected chi connectivity index (χ1v) is 7.37. The number of amides is 3. The van der Waals surface area contributed by atoms with E-state index in [9.17, 15) is 18.4 Å². The number of nitrogens with one attached hydrogen (secondary N) is 2. The third-order valence-electron chi connectivity index (χ3n) is 3.22. The fraction of sp³-hybridized carbons (Fsp3) is 0.583. The summed E-state index contributed by atoms with van der Waals surface area (Å²) in [4.78, 5) is 26.3. The molecule has 1 aromatic heterocycles. The molecule has 9 heteroatoms. The van der Waals surface area contributed by atoms with Crippen LogP contribution in [0.1, 0.15) is 34.8 Å². The monoisotopic (exact) mass is 318 g/mol. The molecule has 0 spiro atoms. The van der Waals surface area contributed by atoms with Crippen LogP contribution in [0.15, 0.2) is 5.38 Å². The lowest BCUT2D eigenvalue weighted by Gasteiger charge is -2.34. The number of urea groups is 1. The number of alkyl halides is 2. The minimum atomic E-state index is -2.52. The largest absolute Gasteiger partial charge is 0.364 e. The number of primary amides is 1. The smallest absolute Gasteiger partial charge is 0.315 e. The molecule has 1 aliphatic rings. The minimum absolute atomic E-state index is 0.0163. The maximum Gasteiger partial charge on any atom is 0.315 e. The van der Waals surface area contributed by atoms with Crippen LogP contribution in [0.2, 0.25) is 0 Å². The summed E-state index contributed by atoms with van der Waals surface area (Å²) in [6.45, 7) is 0.544. The lowest BCUT2D eigenvalue weighted by molar-refractivity contribution is -0.111. The van der Waals surface area contributed by atoms with Gasteiger partial charge in [-0.15, -0.1) is 11.3 Å². The standard InChI is InChI=1S/C12H16F2N4O2S/c13-12(14)3-7(4-12)1-2-16-11(20)17-5-9-18-8(6-21-9)10(15)19/h6-7H,1-5H2,(H2,15,19)(H2,16,17,20). The second-order valence-corrected chi connectivity index (χ2v) is 5.96. The number of halogens is 2. The Morgan fingerprint density at radius 1 is 1.43 bits per heavy atom. The van der Waals surface area contributed by atoms with Crippen molar-refractivity contribution in [1.29, 1.82) is 0 Å². The average molecular weight is 318 g/mol. The molecular weight excluding hydrogens is 302 g/mol. The molecule has 1 aromatic rings. The zero-order valence-corrected chi connectivity index (χ0v) is 12.0. The summed E-state index contributed by atoms with van der Waals surface area (Å²) in [6.07, 6.45) is 0.364. The maximum absolute atomic E-state index is 12.6. The van der Waals surface area contributed by atoms with Crippen molar-refractivity contribution in [2.45, 2.75) is 31.7 Å². The zero-order chi connectivity index (χ0) is 15.5. The number of carbonyl (C=O) groups is 2. The van der Waals surface area contributed by atoms with Gasteiger partial charge in [-0.1, -0.05) is 0 Å². The predicted molar refractivity (Wildman–Crippen MR) is 73.2 cm³/mol. The SMILES string of the molecule is NC(=O)c1csc(CNC(=O)NCCC2CC(F)(F)C2)n1. The summed E-state index contributed by atoms with van der Waals surface area (Å²) in [5, 5.41) is 7.26. The molecule has 116 valence electrons. The molecule has 0 atom stereocenters. The molecule has 0 radical (unpaired) electrons. The summed E-state index contributed by atoms with van der Waals surface area (Å²) in [5.41, 5.74) is 5.24. The van der Waals surface area contributed by atoms with Crippen LogP contribution in [-0.4, -0.2) is 29.4 Å². The van der Waals surface area contributed by atoms with Crippen molar-refractivity contribution in [1.82, 2.24) is 15.6 Å². The van der Waals surface area contributed by atoms with Crippen LogP contribution in [0.5, 0.6) is 0 Å². The van der Waals surface area contributed by atoms with Crippen LogP contribution in [0.25, 0.3) is 0 Å². The van der Waals surface area contributed by atoms with Gasteiger partial charge in [-0.3, -0.25) is 4.79 Å². The number of carbonyl (C=O) groups excluding carboxylic acids is 2. The molecule has 1 heterocycles. The highest BCUT2D eigenvalue weighted by molar-refractivity contribution is 7.09. The number of hydrogen-bond acceptors (Lipinski definition) is 4. The number of aromatic nitrogens is 1. The number of rotatable bonds is 6. The highest BCUT2D eigenvalue weighted by atomic mass is 32.1. The normalized spacial score (nSPS) is 17.0. The number of hydrogen-bond donors (Lipinski definition) is 3. The first-order valence-electron chi connectivity index (χ1n) is 6.49. The lowest BCUT2D eigenvalue weighted by Crippen LogP contribution is -2.40. The average Bonchev–Trinajstić information content (AvgIpc) is 2.83. The van der Waals surface area contributed by atoms with E-state index in [1.54, 1.807) is 0 Å². The molecule has 21 heavy (non-hydrogen) atoms. The summed E-state index contributed by atoms with van der Waals surface area (Å²) in [7, 11) is 0. The molecule has 2 rings (SSSR count). The third kappa shape index (κ3) is 4.62. The molecule has 1 aliphatic carbocycles. The quantitative estimate of drug-likeness (QED) is 0.741. The highest BCUT2D eigenvalue weighted by Crippen LogP contribution is 2.43. The summed E-state index contributed by atoms with van der Waals surface area (Å²) in [5.74, 6) is -3.15. The van der Waals surface area contributed by atoms with Crippen molar-refractivity contribution < 1.29 is 18.4 Å². The van der Waals surface area contributed by atoms with Crippen LogP contribution in [0, 0.1) is 5.92 Å². The van der Waals surface area contributed by atoms with Gasteiger partial charge in [-0.25, -0.2) is 18.6 Å². The molecule has 3 amide bonds. The van der Waals surface area contributed by atoms with E-state index in [1.165, 1.54) is 16.7 Å². The fourth-order valence-electron chi connectivity index (χ4n) is 2.10. The van der Waals surface area contributed by atoms with Crippen molar-refractivity contribution in [3.05, 3.63) is 16.1 Å². The van der Waals surface area contributed by atoms with E-state index in [0.717, 1.165) is 0 Å². The van der Waals surface area contributed by atoms with E-state index in [4.69, 9.17) is 5.73 Å². The fourth-order valence-corrected chi connectivity index (χ4v) is 2.83. The van der Waals surface area contributed by atoms with Gasteiger partial charge in [0, 0.05) is 24.8 Å². The van der Waals surface area contributed by atoms with E-state index < -0.39 is 17.9 Å². The maximum atomic E-state index is 12.6. The van der Waals surface area contributed by atoms with E-state index >= 15 is 0 Å². The Kier molecular flexibility index (Phi) is 4.71. The van der Waals surface area contributed by atoms with Gasteiger partial charge in [0.25, 0.3) is 5.91 Å². The molecule has 0 bridgehead atoms. The molecule has 4 N–H and O–H groups in total. The number of nitrogens with two attached hydrogens (primary N) is 1. The molecule has 0 saturated heterocycles. The Morgan fingerprint density at radius 3 is 2.71 bits per heavy atom. The predicted octanol–water partition coefficient (Wildman–Crippen LogP) is 1.48. The van der Waals surface area contributed by atoms with Gasteiger partial charge in [0.1, 0.15) is 10.7 Å². The van der Waals surface area contributed by atoms with Crippen molar-refractivity contribution >= 4 is 23.3 Å². The minimum Gasteiger partial charge on any atom is -0.364 e. The van der Waals surface area contributed by atoms with E-state index in [-0.39, 0.29) is 31.0 Å². The van der Waals surface area contributed by atoms with Crippen molar-refractivity contribution in [2.24, 2.45) is 11.7 Å². The third-order valence-corrected chi connectivity index (χ3v) is 4.07. The van der Waals surface area contributed by atoms with Crippen LogP contribution < -0.4 is 16.4 Å². The molecular formula is C12H16F2N4O2S. The molecule has 0 aliphatic heterocycles. The Bertz CT molecular complexity index is 527. The number of thiazole rings is 1. The van der Waals surface area contributed by atoms with E-state index in [2.05, 4.69) is 15.6 Å². The zero-order valence-electron chi connectivity index (χ0n) is 11.2. The van der Waals surface area contributed by atoms with E-state index in [1.807, 2.05) is 0 Å². The summed E-state index contributed by atoms with van der Waals surface area (Å²) in [6, 6.07) is -0.392. The van der Waals surface area contributed by atoms with Crippen LogP contribution in [0.4, 0.5) is 13.6 Å². The van der Waals surface area contributed by atoms with Crippen molar-refractivity contribution in [3.63, 3.8) is 0 Å². The second kappa shape index (κ2) is 6.33. The first kappa shape index (κ1) is 15.6. The number of nitrogens with zero attached hydrogens (tertiary/aromatic N) is 1. The molecule has 0 aromatic carbocycles.